The minimum absolute atomic E-state index is 0.163. The van der Waals surface area contributed by atoms with E-state index in [4.69, 9.17) is 0 Å². The topological polar surface area (TPSA) is 71.8 Å². The molecule has 2 aromatic rings. The zero-order valence-corrected chi connectivity index (χ0v) is 9.63. The van der Waals surface area contributed by atoms with Crippen molar-refractivity contribution in [2.75, 3.05) is 0 Å². The highest BCUT2D eigenvalue weighted by Crippen LogP contribution is 2.22. The number of hydrogen-bond acceptors (Lipinski definition) is 3. The lowest BCUT2D eigenvalue weighted by molar-refractivity contribution is -0.389. The van der Waals surface area contributed by atoms with Crippen LogP contribution in [0.1, 0.15) is 0 Å². The molecule has 76 valence electrons. The molecule has 1 aromatic heterocycles. The Kier molecular flexibility index (Phi) is 2.67. The molecule has 1 N–H and O–H groups in total. The molecule has 1 heterocycles. The smallest absolute Gasteiger partial charge is 0.358 e. The highest BCUT2D eigenvalue weighted by atomic mass is 127. The van der Waals surface area contributed by atoms with Crippen molar-refractivity contribution in [1.82, 2.24) is 10.2 Å². The van der Waals surface area contributed by atoms with Crippen LogP contribution in [-0.2, 0) is 0 Å². The van der Waals surface area contributed by atoms with Gasteiger partial charge in [-0.2, -0.15) is 5.10 Å². The monoisotopic (exact) mass is 315 g/mol. The van der Waals surface area contributed by atoms with Gasteiger partial charge in [-0.3, -0.25) is 0 Å². The quantitative estimate of drug-likeness (QED) is 0.526. The van der Waals surface area contributed by atoms with Crippen LogP contribution >= 0.6 is 22.6 Å². The molecule has 0 aliphatic carbocycles. The van der Waals surface area contributed by atoms with E-state index < -0.39 is 4.92 Å². The number of nitro groups is 1. The second-order valence-corrected chi connectivity index (χ2v) is 4.15. The number of nitrogens with zero attached hydrogens (tertiary/aromatic N) is 2. The molecule has 0 spiro atoms. The van der Waals surface area contributed by atoms with Gasteiger partial charge in [0.1, 0.15) is 0 Å². The first-order chi connectivity index (χ1) is 7.16. The van der Waals surface area contributed by atoms with Crippen LogP contribution in [0, 0.1) is 13.7 Å². The fourth-order valence-corrected chi connectivity index (χ4v) is 1.75. The van der Waals surface area contributed by atoms with Gasteiger partial charge in [-0.05, 0) is 39.6 Å². The zero-order chi connectivity index (χ0) is 10.8. The average Bonchev–Trinajstić information content (AvgIpc) is 2.66. The van der Waals surface area contributed by atoms with Crippen molar-refractivity contribution in [2.45, 2.75) is 0 Å². The third-order valence-corrected chi connectivity index (χ3v) is 2.56. The summed E-state index contributed by atoms with van der Waals surface area (Å²) < 4.78 is 1.07. The zero-order valence-electron chi connectivity index (χ0n) is 7.48. The summed E-state index contributed by atoms with van der Waals surface area (Å²) in [7, 11) is 0. The highest BCUT2D eigenvalue weighted by Gasteiger charge is 2.12. The molecule has 0 unspecified atom stereocenters. The standard InChI is InChI=1S/C9H6IN3O2/c10-7-3-1-2-6(4-7)8-5-9(12-11-8)13(14)15/h1-5H,(H,11,12). The van der Waals surface area contributed by atoms with E-state index in [0.717, 1.165) is 9.13 Å². The molecule has 5 nitrogen and oxygen atoms in total. The fourth-order valence-electron chi connectivity index (χ4n) is 1.21. The number of aromatic amines is 1. The van der Waals surface area contributed by atoms with Crippen LogP contribution in [0.25, 0.3) is 11.3 Å². The Balaban J connectivity index is 2.41. The van der Waals surface area contributed by atoms with E-state index in [1.54, 1.807) is 0 Å². The molecule has 0 bridgehead atoms. The molecule has 6 heteroatoms. The SMILES string of the molecule is O=[N+]([O-])c1cc(-c2cccc(I)c2)[nH]n1. The number of rotatable bonds is 2. The van der Waals surface area contributed by atoms with E-state index in [1.807, 2.05) is 24.3 Å². The lowest BCUT2D eigenvalue weighted by Gasteiger charge is -1.95. The van der Waals surface area contributed by atoms with Crippen molar-refractivity contribution in [3.63, 3.8) is 0 Å². The Hall–Kier alpha value is -1.44. The predicted octanol–water partition coefficient (Wildman–Crippen LogP) is 2.59. The summed E-state index contributed by atoms with van der Waals surface area (Å²) in [5, 5.41) is 16.7. The van der Waals surface area contributed by atoms with Gasteiger partial charge in [0, 0.05) is 9.13 Å². The molecule has 1 aromatic carbocycles. The molecular weight excluding hydrogens is 309 g/mol. The number of H-pyrrole nitrogens is 1. The van der Waals surface area contributed by atoms with E-state index in [1.165, 1.54) is 6.07 Å². The molecule has 0 saturated carbocycles. The minimum atomic E-state index is -0.520. The highest BCUT2D eigenvalue weighted by molar-refractivity contribution is 14.1. The average molecular weight is 315 g/mol. The maximum absolute atomic E-state index is 10.4. The molecule has 0 atom stereocenters. The minimum Gasteiger partial charge on any atom is -0.358 e. The van der Waals surface area contributed by atoms with Gasteiger partial charge in [0.15, 0.2) is 0 Å². The third kappa shape index (κ3) is 2.14. The maximum atomic E-state index is 10.4. The van der Waals surface area contributed by atoms with Crippen LogP contribution < -0.4 is 0 Å². The molecule has 0 aliphatic heterocycles. The van der Waals surface area contributed by atoms with Gasteiger partial charge < -0.3 is 10.1 Å². The van der Waals surface area contributed by atoms with Gasteiger partial charge in [-0.25, -0.2) is 0 Å². The van der Waals surface area contributed by atoms with Gasteiger partial charge in [0.05, 0.1) is 16.9 Å². The van der Waals surface area contributed by atoms with Crippen LogP contribution in [0.4, 0.5) is 5.82 Å². The summed E-state index contributed by atoms with van der Waals surface area (Å²) in [6, 6.07) is 9.07. The Morgan fingerprint density at radius 1 is 1.40 bits per heavy atom. The lowest BCUT2D eigenvalue weighted by Crippen LogP contribution is -1.86. The third-order valence-electron chi connectivity index (χ3n) is 1.89. The maximum Gasteiger partial charge on any atom is 0.390 e. The van der Waals surface area contributed by atoms with Crippen molar-refractivity contribution in [3.8, 4) is 11.3 Å². The summed E-state index contributed by atoms with van der Waals surface area (Å²) in [6.45, 7) is 0. The molecule has 0 aliphatic rings. The lowest BCUT2D eigenvalue weighted by atomic mass is 10.2. The first kappa shape index (κ1) is 10.1. The summed E-state index contributed by atoms with van der Waals surface area (Å²) in [5.41, 5.74) is 1.54. The van der Waals surface area contributed by atoms with E-state index >= 15 is 0 Å². The van der Waals surface area contributed by atoms with Crippen LogP contribution in [-0.4, -0.2) is 15.1 Å². The Morgan fingerprint density at radius 3 is 2.80 bits per heavy atom. The fraction of sp³-hybridized carbons (Fsp3) is 0. The van der Waals surface area contributed by atoms with Gasteiger partial charge in [-0.1, -0.05) is 12.1 Å². The van der Waals surface area contributed by atoms with Crippen molar-refractivity contribution in [2.24, 2.45) is 0 Å². The Morgan fingerprint density at radius 2 is 2.20 bits per heavy atom. The van der Waals surface area contributed by atoms with Gasteiger partial charge in [0.25, 0.3) is 0 Å². The van der Waals surface area contributed by atoms with Crippen LogP contribution in [0.3, 0.4) is 0 Å². The van der Waals surface area contributed by atoms with E-state index in [2.05, 4.69) is 32.8 Å². The number of halogens is 1. The number of nitrogens with one attached hydrogen (secondary N) is 1. The van der Waals surface area contributed by atoms with Crippen LogP contribution in [0.5, 0.6) is 0 Å². The number of hydrogen-bond donors (Lipinski definition) is 1. The first-order valence-corrected chi connectivity index (χ1v) is 5.20. The summed E-state index contributed by atoms with van der Waals surface area (Å²) >= 11 is 2.18. The van der Waals surface area contributed by atoms with Crippen molar-refractivity contribution in [3.05, 3.63) is 44.0 Å². The van der Waals surface area contributed by atoms with Crippen molar-refractivity contribution < 1.29 is 4.92 Å². The molecule has 2 rings (SSSR count). The van der Waals surface area contributed by atoms with E-state index in [-0.39, 0.29) is 5.82 Å². The summed E-state index contributed by atoms with van der Waals surface area (Å²) in [6.07, 6.45) is 0. The molecule has 0 amide bonds. The molecule has 0 radical (unpaired) electrons. The second-order valence-electron chi connectivity index (χ2n) is 2.91. The van der Waals surface area contributed by atoms with Crippen molar-refractivity contribution >= 4 is 28.4 Å². The van der Waals surface area contributed by atoms with Crippen LogP contribution in [0.15, 0.2) is 30.3 Å². The Labute approximate surface area is 98.8 Å². The van der Waals surface area contributed by atoms with Crippen LogP contribution in [0.2, 0.25) is 0 Å². The summed E-state index contributed by atoms with van der Waals surface area (Å²) in [5.74, 6) is -0.163. The Bertz CT molecular complexity index is 510. The second kappa shape index (κ2) is 3.97. The molecule has 0 fully saturated rings. The molecule has 15 heavy (non-hydrogen) atoms. The number of benzene rings is 1. The summed E-state index contributed by atoms with van der Waals surface area (Å²) in [4.78, 5) is 9.91. The number of aromatic nitrogens is 2. The van der Waals surface area contributed by atoms with Gasteiger partial charge in [-0.15, -0.1) is 0 Å². The van der Waals surface area contributed by atoms with E-state index in [9.17, 15) is 10.1 Å². The predicted molar refractivity (Wildman–Crippen MR) is 63.4 cm³/mol. The molecular formula is C9H6IN3O2. The van der Waals surface area contributed by atoms with Gasteiger partial charge in [0.2, 0.25) is 0 Å². The van der Waals surface area contributed by atoms with Crippen molar-refractivity contribution in [1.29, 1.82) is 0 Å². The normalized spacial score (nSPS) is 10.2. The largest absolute Gasteiger partial charge is 0.390 e. The van der Waals surface area contributed by atoms with E-state index in [0.29, 0.717) is 5.69 Å². The molecule has 0 saturated heterocycles. The first-order valence-electron chi connectivity index (χ1n) is 4.12. The van der Waals surface area contributed by atoms with Gasteiger partial charge >= 0.3 is 5.82 Å².